The van der Waals surface area contributed by atoms with Crippen LogP contribution in [0, 0.1) is 0 Å². The molecule has 1 N–H and O–H groups in total. The van der Waals surface area contributed by atoms with Crippen LogP contribution in [0.25, 0.3) is 0 Å². The molecule has 108 valence electrons. The summed E-state index contributed by atoms with van der Waals surface area (Å²) in [7, 11) is 0. The SMILES string of the molecule is CCNC(C)c1cnn(CC(F)(F)c2ccccc2)c1. The van der Waals surface area contributed by atoms with E-state index >= 15 is 0 Å². The van der Waals surface area contributed by atoms with Crippen LogP contribution >= 0.6 is 0 Å². The van der Waals surface area contributed by atoms with E-state index in [1.165, 1.54) is 16.8 Å². The Bertz CT molecular complexity index is 537. The Hall–Kier alpha value is -1.75. The van der Waals surface area contributed by atoms with E-state index < -0.39 is 12.5 Å². The molecule has 0 fully saturated rings. The molecule has 1 atom stereocenters. The molecule has 0 saturated heterocycles. The van der Waals surface area contributed by atoms with Gasteiger partial charge < -0.3 is 5.32 Å². The first-order valence-electron chi connectivity index (χ1n) is 6.72. The first-order chi connectivity index (χ1) is 9.53. The molecule has 1 aromatic carbocycles. The molecule has 0 radical (unpaired) electrons. The molecule has 1 heterocycles. The van der Waals surface area contributed by atoms with Crippen LogP contribution in [0.15, 0.2) is 42.7 Å². The smallest absolute Gasteiger partial charge is 0.292 e. The van der Waals surface area contributed by atoms with E-state index in [0.29, 0.717) is 0 Å². The molecule has 20 heavy (non-hydrogen) atoms. The first-order valence-corrected chi connectivity index (χ1v) is 6.72. The van der Waals surface area contributed by atoms with Crippen molar-refractivity contribution in [2.24, 2.45) is 0 Å². The Morgan fingerprint density at radius 3 is 2.65 bits per heavy atom. The second kappa shape index (κ2) is 6.13. The van der Waals surface area contributed by atoms with Gasteiger partial charge in [-0.05, 0) is 13.5 Å². The molecule has 0 saturated carbocycles. The summed E-state index contributed by atoms with van der Waals surface area (Å²) in [5.74, 6) is -2.92. The van der Waals surface area contributed by atoms with Crippen LogP contribution in [0.4, 0.5) is 8.78 Å². The molecule has 5 heteroatoms. The lowest BCUT2D eigenvalue weighted by molar-refractivity contribution is -0.0254. The molecule has 2 aromatic rings. The van der Waals surface area contributed by atoms with E-state index in [1.807, 2.05) is 13.8 Å². The fraction of sp³-hybridized carbons (Fsp3) is 0.400. The van der Waals surface area contributed by atoms with Gasteiger partial charge in [-0.1, -0.05) is 37.3 Å². The molecule has 0 spiro atoms. The number of nitrogens with one attached hydrogen (secondary N) is 1. The highest BCUT2D eigenvalue weighted by atomic mass is 19.3. The highest BCUT2D eigenvalue weighted by molar-refractivity contribution is 5.20. The maximum atomic E-state index is 14.1. The van der Waals surface area contributed by atoms with Crippen LogP contribution in [0.5, 0.6) is 0 Å². The lowest BCUT2D eigenvalue weighted by Gasteiger charge is -2.16. The average Bonchev–Trinajstić information content (AvgIpc) is 2.88. The average molecular weight is 279 g/mol. The third kappa shape index (κ3) is 3.42. The summed E-state index contributed by atoms with van der Waals surface area (Å²) in [5.41, 5.74) is 0.924. The highest BCUT2D eigenvalue weighted by Crippen LogP contribution is 2.29. The van der Waals surface area contributed by atoms with Gasteiger partial charge in [0.2, 0.25) is 0 Å². The van der Waals surface area contributed by atoms with Gasteiger partial charge in [0.1, 0.15) is 6.54 Å². The molecule has 0 aliphatic rings. The Labute approximate surface area is 117 Å². The lowest BCUT2D eigenvalue weighted by atomic mass is 10.1. The van der Waals surface area contributed by atoms with Crippen molar-refractivity contribution in [1.29, 1.82) is 0 Å². The molecule has 0 aliphatic heterocycles. The summed E-state index contributed by atoms with van der Waals surface area (Å²) in [5, 5.41) is 7.26. The predicted molar refractivity (Wildman–Crippen MR) is 74.7 cm³/mol. The number of halogens is 2. The third-order valence-corrected chi connectivity index (χ3v) is 3.22. The summed E-state index contributed by atoms with van der Waals surface area (Å²) in [6.07, 6.45) is 3.30. The van der Waals surface area contributed by atoms with E-state index in [-0.39, 0.29) is 11.6 Å². The zero-order valence-electron chi connectivity index (χ0n) is 11.7. The summed E-state index contributed by atoms with van der Waals surface area (Å²) >= 11 is 0. The van der Waals surface area contributed by atoms with Crippen LogP contribution < -0.4 is 5.32 Å². The minimum atomic E-state index is -2.92. The maximum absolute atomic E-state index is 14.1. The Balaban J connectivity index is 2.10. The zero-order chi connectivity index (χ0) is 14.6. The maximum Gasteiger partial charge on any atom is 0.292 e. The van der Waals surface area contributed by atoms with Gasteiger partial charge in [0.05, 0.1) is 6.20 Å². The van der Waals surface area contributed by atoms with Gasteiger partial charge in [0.15, 0.2) is 0 Å². The fourth-order valence-electron chi connectivity index (χ4n) is 2.09. The molecule has 0 amide bonds. The van der Waals surface area contributed by atoms with E-state index in [1.54, 1.807) is 30.6 Å². The summed E-state index contributed by atoms with van der Waals surface area (Å²) < 4.78 is 29.5. The van der Waals surface area contributed by atoms with Crippen molar-refractivity contribution in [3.8, 4) is 0 Å². The van der Waals surface area contributed by atoms with Gasteiger partial charge in [-0.3, -0.25) is 4.68 Å². The number of hydrogen-bond donors (Lipinski definition) is 1. The van der Waals surface area contributed by atoms with Gasteiger partial charge in [-0.25, -0.2) is 0 Å². The molecule has 1 unspecified atom stereocenters. The third-order valence-electron chi connectivity index (χ3n) is 3.22. The number of rotatable bonds is 6. The van der Waals surface area contributed by atoms with E-state index in [0.717, 1.165) is 12.1 Å². The minimum Gasteiger partial charge on any atom is -0.310 e. The van der Waals surface area contributed by atoms with Crippen LogP contribution in [0.3, 0.4) is 0 Å². The molecule has 3 nitrogen and oxygen atoms in total. The standard InChI is InChI=1S/C15H19F2N3/c1-3-18-12(2)13-9-19-20(10-13)11-15(16,17)14-7-5-4-6-8-14/h4-10,12,18H,3,11H2,1-2H3. The molecule has 0 aliphatic carbocycles. The van der Waals surface area contributed by atoms with Crippen molar-refractivity contribution < 1.29 is 8.78 Å². The number of aromatic nitrogens is 2. The second-order valence-electron chi connectivity index (χ2n) is 4.82. The predicted octanol–water partition coefficient (Wildman–Crippen LogP) is 3.35. The molecule has 1 aromatic heterocycles. The van der Waals surface area contributed by atoms with Crippen LogP contribution in [0.1, 0.15) is 31.0 Å². The quantitative estimate of drug-likeness (QED) is 0.879. The number of benzene rings is 1. The molecular weight excluding hydrogens is 260 g/mol. The normalized spacial score (nSPS) is 13.4. The summed E-state index contributed by atoms with van der Waals surface area (Å²) in [6, 6.07) is 7.94. The summed E-state index contributed by atoms with van der Waals surface area (Å²) in [4.78, 5) is 0. The van der Waals surface area contributed by atoms with Crippen LogP contribution in [0.2, 0.25) is 0 Å². The van der Waals surface area contributed by atoms with Crippen molar-refractivity contribution in [1.82, 2.24) is 15.1 Å². The van der Waals surface area contributed by atoms with Gasteiger partial charge >= 0.3 is 0 Å². The summed E-state index contributed by atoms with van der Waals surface area (Å²) in [6.45, 7) is 4.37. The van der Waals surface area contributed by atoms with Gasteiger partial charge in [-0.15, -0.1) is 0 Å². The van der Waals surface area contributed by atoms with Crippen molar-refractivity contribution in [3.63, 3.8) is 0 Å². The van der Waals surface area contributed by atoms with Crippen LogP contribution in [-0.4, -0.2) is 16.3 Å². The molecule has 2 rings (SSSR count). The minimum absolute atomic E-state index is 0.0109. The van der Waals surface area contributed by atoms with E-state index in [9.17, 15) is 8.78 Å². The Morgan fingerprint density at radius 1 is 1.30 bits per heavy atom. The molecule has 0 bridgehead atoms. The largest absolute Gasteiger partial charge is 0.310 e. The lowest BCUT2D eigenvalue weighted by Crippen LogP contribution is -2.22. The van der Waals surface area contributed by atoms with Gasteiger partial charge in [0, 0.05) is 23.4 Å². The van der Waals surface area contributed by atoms with Gasteiger partial charge in [-0.2, -0.15) is 13.9 Å². The van der Waals surface area contributed by atoms with Crippen LogP contribution in [-0.2, 0) is 12.5 Å². The number of nitrogens with zero attached hydrogens (tertiary/aromatic N) is 2. The number of hydrogen-bond acceptors (Lipinski definition) is 2. The fourth-order valence-corrected chi connectivity index (χ4v) is 2.09. The van der Waals surface area contributed by atoms with E-state index in [2.05, 4.69) is 10.4 Å². The number of alkyl halides is 2. The topological polar surface area (TPSA) is 29.9 Å². The first kappa shape index (κ1) is 14.7. The van der Waals surface area contributed by atoms with Crippen molar-refractivity contribution in [2.45, 2.75) is 32.4 Å². The molecular formula is C15H19F2N3. The zero-order valence-corrected chi connectivity index (χ0v) is 11.7. The van der Waals surface area contributed by atoms with Gasteiger partial charge in [0.25, 0.3) is 5.92 Å². The van der Waals surface area contributed by atoms with E-state index in [4.69, 9.17) is 0 Å². The Kier molecular flexibility index (Phi) is 4.49. The second-order valence-corrected chi connectivity index (χ2v) is 4.82. The monoisotopic (exact) mass is 279 g/mol. The highest BCUT2D eigenvalue weighted by Gasteiger charge is 2.32. The van der Waals surface area contributed by atoms with Crippen molar-refractivity contribution in [2.75, 3.05) is 6.54 Å². The van der Waals surface area contributed by atoms with Crippen molar-refractivity contribution >= 4 is 0 Å². The van der Waals surface area contributed by atoms with Crippen molar-refractivity contribution in [3.05, 3.63) is 53.9 Å². The Morgan fingerprint density at radius 2 is 2.00 bits per heavy atom.